The van der Waals surface area contributed by atoms with Crippen LogP contribution in [-0.2, 0) is 19.1 Å². The smallest absolute Gasteiger partial charge is 0.354 e. The van der Waals surface area contributed by atoms with Crippen LogP contribution in [0, 0.1) is 0 Å². The van der Waals surface area contributed by atoms with Gasteiger partial charge in [0.15, 0.2) is 0 Å². The second-order valence-electron chi connectivity index (χ2n) is 3.08. The maximum atomic E-state index is 11.3. The number of ether oxygens (including phenoxy) is 2. The molecule has 0 spiro atoms. The zero-order chi connectivity index (χ0) is 11.3. The van der Waals surface area contributed by atoms with Gasteiger partial charge in [0, 0.05) is 13.3 Å². The van der Waals surface area contributed by atoms with E-state index in [0.29, 0.717) is 6.42 Å². The summed E-state index contributed by atoms with van der Waals surface area (Å²) in [4.78, 5) is 22.0. The Labute approximate surface area is 86.9 Å². The van der Waals surface area contributed by atoms with Crippen LogP contribution in [0.2, 0.25) is 0 Å². The number of amides is 1. The third-order valence-corrected chi connectivity index (χ3v) is 1.79. The summed E-state index contributed by atoms with van der Waals surface area (Å²) in [7, 11) is 0. The standard InChI is InChI=1S/C9H13NO5/c1-6(12)10-8-3-2-7(4-14-5-11)15-9(8)13/h3,7,11H,2,4-5H2,1H3,(H,10,12)/p+1/t7-/m0/s1. The van der Waals surface area contributed by atoms with Crippen molar-refractivity contribution in [2.45, 2.75) is 19.4 Å². The van der Waals surface area contributed by atoms with Crippen molar-refractivity contribution in [2.75, 3.05) is 13.4 Å². The Balaban J connectivity index is 2.48. The molecular formula is C9H14NO5+. The monoisotopic (exact) mass is 216 g/mol. The molecule has 1 aliphatic rings. The van der Waals surface area contributed by atoms with Gasteiger partial charge in [-0.2, -0.15) is 0 Å². The minimum Gasteiger partial charge on any atom is -0.455 e. The molecule has 1 amide bonds. The molecule has 0 saturated carbocycles. The molecular weight excluding hydrogens is 202 g/mol. The molecule has 0 aromatic heterocycles. The fourth-order valence-electron chi connectivity index (χ4n) is 1.18. The van der Waals surface area contributed by atoms with Crippen molar-refractivity contribution >= 4 is 11.9 Å². The lowest BCUT2D eigenvalue weighted by Crippen LogP contribution is -2.34. The quantitative estimate of drug-likeness (QED) is 0.371. The van der Waals surface area contributed by atoms with Crippen molar-refractivity contribution in [3.05, 3.63) is 11.8 Å². The molecule has 15 heavy (non-hydrogen) atoms. The molecule has 0 unspecified atom stereocenters. The Morgan fingerprint density at radius 3 is 3.07 bits per heavy atom. The number of carbonyl (C=O) groups is 2. The van der Waals surface area contributed by atoms with E-state index in [1.165, 1.54) is 6.92 Å². The van der Waals surface area contributed by atoms with E-state index in [2.05, 4.69) is 5.32 Å². The van der Waals surface area contributed by atoms with Crippen LogP contribution in [0.15, 0.2) is 11.8 Å². The van der Waals surface area contributed by atoms with E-state index in [0.717, 1.165) is 0 Å². The predicted octanol–water partition coefficient (Wildman–Crippen LogP) is -0.979. The minimum absolute atomic E-state index is 0.156. The molecule has 0 radical (unpaired) electrons. The number of hydrogen-bond acceptors (Lipinski definition) is 4. The third-order valence-electron chi connectivity index (χ3n) is 1.79. The molecule has 0 saturated heterocycles. The lowest BCUT2D eigenvalue weighted by molar-refractivity contribution is -0.152. The van der Waals surface area contributed by atoms with Crippen LogP contribution in [0.3, 0.4) is 0 Å². The largest absolute Gasteiger partial charge is 0.455 e. The highest BCUT2D eigenvalue weighted by atomic mass is 16.6. The first-order valence-corrected chi connectivity index (χ1v) is 4.54. The van der Waals surface area contributed by atoms with Crippen molar-refractivity contribution in [1.82, 2.24) is 5.32 Å². The van der Waals surface area contributed by atoms with E-state index < -0.39 is 5.97 Å². The summed E-state index contributed by atoms with van der Waals surface area (Å²) in [6.07, 6.45) is 1.73. The van der Waals surface area contributed by atoms with Crippen molar-refractivity contribution < 1.29 is 24.2 Å². The van der Waals surface area contributed by atoms with E-state index in [-0.39, 0.29) is 31.1 Å². The lowest BCUT2D eigenvalue weighted by Gasteiger charge is -2.21. The zero-order valence-electron chi connectivity index (χ0n) is 8.41. The van der Waals surface area contributed by atoms with Crippen LogP contribution < -0.4 is 5.32 Å². The summed E-state index contributed by atoms with van der Waals surface area (Å²) < 4.78 is 9.78. The van der Waals surface area contributed by atoms with E-state index >= 15 is 0 Å². The average Bonchev–Trinajstić information content (AvgIpc) is 2.18. The summed E-state index contributed by atoms with van der Waals surface area (Å²) in [6, 6.07) is 0. The number of hydrogen-bond donors (Lipinski definition) is 1. The number of nitrogens with one attached hydrogen (secondary N) is 1. The van der Waals surface area contributed by atoms with Gasteiger partial charge in [0.05, 0.1) is 6.61 Å². The van der Waals surface area contributed by atoms with Crippen LogP contribution in [0.1, 0.15) is 13.3 Å². The molecule has 0 aromatic rings. The highest BCUT2D eigenvalue weighted by Gasteiger charge is 2.23. The molecule has 1 aliphatic heterocycles. The van der Waals surface area contributed by atoms with Crippen LogP contribution in [-0.4, -0.2) is 36.5 Å². The van der Waals surface area contributed by atoms with Gasteiger partial charge >= 0.3 is 5.97 Å². The normalized spacial score (nSPS) is 20.5. The lowest BCUT2D eigenvalue weighted by atomic mass is 10.2. The van der Waals surface area contributed by atoms with Gasteiger partial charge in [0.1, 0.15) is 11.8 Å². The van der Waals surface area contributed by atoms with E-state index in [1.807, 2.05) is 0 Å². The summed E-state index contributed by atoms with van der Waals surface area (Å²) in [5.41, 5.74) is 0.171. The molecule has 1 rings (SSSR count). The predicted molar refractivity (Wildman–Crippen MR) is 50.8 cm³/mol. The topological polar surface area (TPSA) is 87.5 Å². The van der Waals surface area contributed by atoms with Gasteiger partial charge in [-0.1, -0.05) is 0 Å². The van der Waals surface area contributed by atoms with Crippen molar-refractivity contribution in [3.8, 4) is 0 Å². The van der Waals surface area contributed by atoms with E-state index in [4.69, 9.17) is 14.6 Å². The van der Waals surface area contributed by atoms with Crippen LogP contribution in [0.25, 0.3) is 0 Å². The van der Waals surface area contributed by atoms with Gasteiger partial charge in [-0.3, -0.25) is 4.79 Å². The summed E-state index contributed by atoms with van der Waals surface area (Å²) in [5.74, 6) is -0.867. The first-order valence-electron chi connectivity index (χ1n) is 4.54. The van der Waals surface area contributed by atoms with Crippen LogP contribution >= 0.6 is 0 Å². The van der Waals surface area contributed by atoms with Gasteiger partial charge in [-0.25, -0.2) is 4.79 Å². The summed E-state index contributed by atoms with van der Waals surface area (Å²) in [6.45, 7) is 1.37. The molecule has 84 valence electrons. The Morgan fingerprint density at radius 1 is 1.80 bits per heavy atom. The average molecular weight is 216 g/mol. The molecule has 0 aromatic carbocycles. The van der Waals surface area contributed by atoms with Crippen LogP contribution in [0.4, 0.5) is 0 Å². The number of carbonyl (C=O) groups excluding carboxylic acids is 2. The third kappa shape index (κ3) is 3.69. The molecule has 0 fully saturated rings. The van der Waals surface area contributed by atoms with Gasteiger partial charge < -0.3 is 19.9 Å². The van der Waals surface area contributed by atoms with Crippen molar-refractivity contribution in [2.24, 2.45) is 0 Å². The van der Waals surface area contributed by atoms with Crippen LogP contribution in [0.5, 0.6) is 0 Å². The second kappa shape index (κ2) is 5.47. The Morgan fingerprint density at radius 2 is 2.53 bits per heavy atom. The van der Waals surface area contributed by atoms with Gasteiger partial charge in [-0.05, 0) is 6.08 Å². The Hall–Kier alpha value is -1.40. The molecule has 0 bridgehead atoms. The van der Waals surface area contributed by atoms with Gasteiger partial charge in [0.2, 0.25) is 5.91 Å². The Kier molecular flexibility index (Phi) is 4.26. The first-order chi connectivity index (χ1) is 7.13. The molecule has 3 N–H and O–H groups in total. The fraction of sp³-hybridized carbons (Fsp3) is 0.556. The van der Waals surface area contributed by atoms with Gasteiger partial charge in [0.25, 0.3) is 6.79 Å². The fourth-order valence-corrected chi connectivity index (χ4v) is 1.18. The highest BCUT2D eigenvalue weighted by Crippen LogP contribution is 2.12. The molecule has 0 aliphatic carbocycles. The highest BCUT2D eigenvalue weighted by molar-refractivity contribution is 5.93. The van der Waals surface area contributed by atoms with E-state index in [1.54, 1.807) is 6.08 Å². The maximum Gasteiger partial charge on any atom is 0.354 e. The summed E-state index contributed by atoms with van der Waals surface area (Å²) in [5, 5.41) is 9.15. The molecule has 1 atom stereocenters. The van der Waals surface area contributed by atoms with Gasteiger partial charge in [-0.15, -0.1) is 0 Å². The SMILES string of the molecule is CC(=O)NC1=CC[C@@H](COC[OH2+])OC1=O. The number of esters is 1. The molecule has 6 heteroatoms. The minimum atomic E-state index is -0.560. The zero-order valence-corrected chi connectivity index (χ0v) is 8.41. The van der Waals surface area contributed by atoms with Crippen molar-refractivity contribution in [3.63, 3.8) is 0 Å². The Bertz CT molecular complexity index is 286. The number of rotatable bonds is 4. The first kappa shape index (κ1) is 11.7. The number of cyclic esters (lactones) is 1. The maximum absolute atomic E-state index is 11.3. The van der Waals surface area contributed by atoms with E-state index in [9.17, 15) is 9.59 Å². The summed E-state index contributed by atoms with van der Waals surface area (Å²) >= 11 is 0. The molecule has 6 nitrogen and oxygen atoms in total. The van der Waals surface area contributed by atoms with Crippen molar-refractivity contribution in [1.29, 1.82) is 0 Å². The molecule has 1 heterocycles. The second-order valence-corrected chi connectivity index (χ2v) is 3.08.